The van der Waals surface area contributed by atoms with Gasteiger partial charge in [-0.15, -0.1) is 0 Å². The number of nitrogens with one attached hydrogen (secondary N) is 2. The van der Waals surface area contributed by atoms with Crippen LogP contribution in [0.2, 0.25) is 5.02 Å². The molecule has 0 radical (unpaired) electrons. The summed E-state index contributed by atoms with van der Waals surface area (Å²) in [5.74, 6) is -0.0160. The molecule has 14 heteroatoms. The molecule has 2 bridgehead atoms. The summed E-state index contributed by atoms with van der Waals surface area (Å²) in [5, 5.41) is 3.19. The van der Waals surface area contributed by atoms with Gasteiger partial charge in [-0.25, -0.2) is 18.1 Å². The van der Waals surface area contributed by atoms with E-state index in [2.05, 4.69) is 32.8 Å². The number of allylic oxidation sites excluding steroid dienone is 1. The smallest absolute Gasteiger partial charge is 0.283 e. The minimum Gasteiger partial charge on any atom is -0.489 e. The lowest BCUT2D eigenvalue weighted by Gasteiger charge is -2.48. The maximum absolute atomic E-state index is 13.3. The van der Waals surface area contributed by atoms with Gasteiger partial charge in [0.05, 0.1) is 18.5 Å². The highest BCUT2D eigenvalue weighted by atomic mass is 35.5. The normalized spacial score (nSPS) is 30.9. The molecule has 316 valence electrons. The summed E-state index contributed by atoms with van der Waals surface area (Å²) < 4.78 is 46.3. The van der Waals surface area contributed by atoms with E-state index >= 15 is 0 Å². The average molecular weight is 831 g/mol. The minimum absolute atomic E-state index is 0. The molecule has 1 aromatic carbocycles. The van der Waals surface area contributed by atoms with Crippen LogP contribution in [0.25, 0.3) is 0 Å². The van der Waals surface area contributed by atoms with Gasteiger partial charge in [-0.1, -0.05) is 45.0 Å². The molecule has 2 aliphatic carbocycles. The number of methoxy groups -OCH3 is 2. The van der Waals surface area contributed by atoms with Crippen molar-refractivity contribution in [2.24, 2.45) is 17.8 Å². The standard InChI is InChI=1S/C33H40ClN3O6S.C9H20N2O.CH4/c1-21-6-4-15-33(19-38,42-3)27-10-8-24(27)17-37-18-32(14-5-7-23-16-25(34)9-11-26(23)32)20-43-29-13-12-28(35-30(29)37)31(39)36-44(40,41)22(21)2;1-3-9(8-12-2)11-6-4-10-5-7-11;/h4,9,11-13,15-16,19,21-22,24,27H,5-8,10,14,17-18,20H2,1-3H3,(H,36,39);9-10H,3-8H2,1-2H3;1H4/b15-4+;;/t21-,22+,24-,27+,32-,33+;;/m0../s1. The topological polar surface area (TPSA) is 139 Å². The molecule has 2 N–H and O–H groups in total. The second-order valence-corrected chi connectivity index (χ2v) is 18.8. The molecule has 7 atom stereocenters. The van der Waals surface area contributed by atoms with Crippen LogP contribution in [0.5, 0.6) is 5.75 Å². The van der Waals surface area contributed by atoms with Crippen LogP contribution in [0.15, 0.2) is 42.5 Å². The Kier molecular flexibility index (Phi) is 15.3. The first-order valence-electron chi connectivity index (χ1n) is 20.3. The Morgan fingerprint density at radius 1 is 1.14 bits per heavy atom. The van der Waals surface area contributed by atoms with Gasteiger partial charge < -0.3 is 24.4 Å². The number of benzene rings is 1. The fraction of sp³-hybridized carbons (Fsp3) is 0.651. The zero-order chi connectivity index (χ0) is 40.1. The monoisotopic (exact) mass is 829 g/mol. The van der Waals surface area contributed by atoms with E-state index < -0.39 is 26.8 Å². The van der Waals surface area contributed by atoms with Crippen molar-refractivity contribution in [1.82, 2.24) is 19.9 Å². The predicted molar refractivity (Wildman–Crippen MR) is 226 cm³/mol. The number of halogens is 1. The SMILES string of the molecule is C.CCC(COC)N1CCNCC1.CO[C@@]1(C=O)/C=C/C[C@H](C)[C@@H](C)S(=O)(=O)NC(=O)c2ccc3c(n2)N(C[C@@H]2CC[C@H]21)C[C@@]1(CCCc2cc(Cl)ccc21)CO3. The lowest BCUT2D eigenvalue weighted by atomic mass is 9.64. The maximum Gasteiger partial charge on any atom is 0.283 e. The zero-order valence-corrected chi connectivity index (χ0v) is 35.2. The van der Waals surface area contributed by atoms with Crippen molar-refractivity contribution >= 4 is 39.6 Å². The Balaban J connectivity index is 0.000000410. The number of carbonyl (C=O) groups is 2. The first-order valence-corrected chi connectivity index (χ1v) is 22.2. The number of pyridine rings is 1. The number of sulfonamides is 1. The predicted octanol–water partition coefficient (Wildman–Crippen LogP) is 5.82. The maximum atomic E-state index is 13.3. The molecule has 2 aromatic rings. The van der Waals surface area contributed by atoms with Gasteiger partial charge in [0.25, 0.3) is 5.91 Å². The minimum atomic E-state index is -4.01. The fourth-order valence-electron chi connectivity index (χ4n) is 9.25. The van der Waals surface area contributed by atoms with Crippen LogP contribution >= 0.6 is 11.6 Å². The number of ether oxygens (including phenoxy) is 3. The molecule has 12 nitrogen and oxygen atoms in total. The molecule has 1 aromatic heterocycles. The summed E-state index contributed by atoms with van der Waals surface area (Å²) in [5.41, 5.74) is 0.943. The van der Waals surface area contributed by atoms with E-state index in [1.807, 2.05) is 25.1 Å². The average Bonchev–Trinajstić information content (AvgIpc) is 3.34. The van der Waals surface area contributed by atoms with Gasteiger partial charge in [0, 0.05) is 75.9 Å². The molecule has 1 saturated heterocycles. The van der Waals surface area contributed by atoms with E-state index in [1.54, 1.807) is 33.3 Å². The Hall–Kier alpha value is -3.07. The summed E-state index contributed by atoms with van der Waals surface area (Å²) in [6.45, 7) is 12.7. The molecule has 1 amide bonds. The third-order valence-electron chi connectivity index (χ3n) is 13.0. The largest absolute Gasteiger partial charge is 0.489 e. The van der Waals surface area contributed by atoms with Gasteiger partial charge in [-0.05, 0) is 105 Å². The van der Waals surface area contributed by atoms with E-state index in [0.29, 0.717) is 48.7 Å². The number of rotatable bonds is 6. The number of amides is 1. The van der Waals surface area contributed by atoms with E-state index in [4.69, 9.17) is 30.8 Å². The van der Waals surface area contributed by atoms with E-state index in [1.165, 1.54) is 36.7 Å². The number of piperazine rings is 1. The summed E-state index contributed by atoms with van der Waals surface area (Å²) in [6.07, 6.45) is 10.7. The van der Waals surface area contributed by atoms with Crippen molar-refractivity contribution < 1.29 is 32.2 Å². The number of aldehydes is 1. The summed E-state index contributed by atoms with van der Waals surface area (Å²) in [7, 11) is -0.676. The first-order chi connectivity index (χ1) is 26.9. The van der Waals surface area contributed by atoms with Crippen LogP contribution in [0.1, 0.15) is 88.3 Å². The van der Waals surface area contributed by atoms with Gasteiger partial charge in [0.1, 0.15) is 11.3 Å². The first kappa shape index (κ1) is 45.0. The lowest BCUT2D eigenvalue weighted by molar-refractivity contribution is -0.135. The Labute approximate surface area is 345 Å². The summed E-state index contributed by atoms with van der Waals surface area (Å²) in [6, 6.07) is 9.92. The van der Waals surface area contributed by atoms with Crippen molar-refractivity contribution in [3.05, 3.63) is 64.3 Å². The van der Waals surface area contributed by atoms with Crippen molar-refractivity contribution in [1.29, 1.82) is 0 Å². The number of hydrogen-bond acceptors (Lipinski definition) is 11. The summed E-state index contributed by atoms with van der Waals surface area (Å²) >= 11 is 6.39. The molecule has 4 heterocycles. The quantitative estimate of drug-likeness (QED) is 0.269. The van der Waals surface area contributed by atoms with Crippen molar-refractivity contribution in [3.63, 3.8) is 0 Å². The van der Waals surface area contributed by atoms with Crippen LogP contribution in [0, 0.1) is 17.8 Å². The number of carbonyl (C=O) groups excluding carboxylic acids is 2. The van der Waals surface area contributed by atoms with E-state index in [9.17, 15) is 18.0 Å². The third kappa shape index (κ3) is 9.71. The van der Waals surface area contributed by atoms with Crippen molar-refractivity contribution in [2.45, 2.75) is 95.5 Å². The highest BCUT2D eigenvalue weighted by Crippen LogP contribution is 2.48. The fourth-order valence-corrected chi connectivity index (χ4v) is 10.7. The van der Waals surface area contributed by atoms with Gasteiger partial charge in [-0.3, -0.25) is 14.5 Å². The van der Waals surface area contributed by atoms with Crippen LogP contribution < -0.4 is 19.7 Å². The number of fused-ring (bicyclic) bond motifs is 4. The molecule has 3 aliphatic heterocycles. The number of hydrogen-bond donors (Lipinski definition) is 2. The number of anilines is 1. The molecule has 1 saturated carbocycles. The summed E-state index contributed by atoms with van der Waals surface area (Å²) in [4.78, 5) is 35.5. The highest BCUT2D eigenvalue weighted by molar-refractivity contribution is 7.90. The van der Waals surface area contributed by atoms with Crippen LogP contribution in [0.3, 0.4) is 0 Å². The molecule has 5 aliphatic rings. The van der Waals surface area contributed by atoms with Crippen LogP contribution in [-0.2, 0) is 36.1 Å². The number of nitrogens with zero attached hydrogens (tertiary/aromatic N) is 3. The molecule has 1 spiro atoms. The van der Waals surface area contributed by atoms with Crippen molar-refractivity contribution in [2.75, 3.05) is 71.6 Å². The Morgan fingerprint density at radius 3 is 2.58 bits per heavy atom. The second kappa shape index (κ2) is 19.3. The zero-order valence-electron chi connectivity index (χ0n) is 33.6. The van der Waals surface area contributed by atoms with Gasteiger partial charge >= 0.3 is 0 Å². The van der Waals surface area contributed by atoms with Gasteiger partial charge in [0.15, 0.2) is 17.9 Å². The number of aryl methyl sites for hydroxylation is 1. The molecule has 57 heavy (non-hydrogen) atoms. The Morgan fingerprint density at radius 2 is 1.91 bits per heavy atom. The molecule has 2 fully saturated rings. The van der Waals surface area contributed by atoms with E-state index in [-0.39, 0.29) is 36.3 Å². The second-order valence-electron chi connectivity index (χ2n) is 16.3. The van der Waals surface area contributed by atoms with E-state index in [0.717, 1.165) is 58.1 Å². The Bertz CT molecular complexity index is 1840. The molecule has 1 unspecified atom stereocenters. The van der Waals surface area contributed by atoms with Gasteiger partial charge in [0.2, 0.25) is 10.0 Å². The van der Waals surface area contributed by atoms with Crippen LogP contribution in [0.4, 0.5) is 5.82 Å². The highest BCUT2D eigenvalue weighted by Gasteiger charge is 2.49. The van der Waals surface area contributed by atoms with Crippen molar-refractivity contribution in [3.8, 4) is 5.75 Å². The van der Waals surface area contributed by atoms with Crippen LogP contribution in [-0.4, -0.2) is 114 Å². The molecule has 7 rings (SSSR count). The third-order valence-corrected chi connectivity index (χ3v) is 15.2. The molecular formula is C43H64ClN5O7S. The molecular weight excluding hydrogens is 766 g/mol. The number of aromatic nitrogens is 1. The van der Waals surface area contributed by atoms with Gasteiger partial charge in [-0.2, -0.15) is 0 Å². The lowest BCUT2D eigenvalue weighted by Crippen LogP contribution is -2.54.